The number of amides is 1. The molecule has 40 heavy (non-hydrogen) atoms. The molecule has 1 fully saturated rings. The van der Waals surface area contributed by atoms with Gasteiger partial charge in [-0.2, -0.15) is 10.4 Å². The second-order valence-corrected chi connectivity index (χ2v) is 11.4. The van der Waals surface area contributed by atoms with E-state index in [9.17, 15) is 19.6 Å². The Hall–Kier alpha value is -3.84. The summed E-state index contributed by atoms with van der Waals surface area (Å²) >= 11 is 2.07. The maximum absolute atomic E-state index is 14.6. The Morgan fingerprint density at radius 2 is 2.15 bits per heavy atom. The van der Waals surface area contributed by atoms with Gasteiger partial charge in [0.25, 0.3) is 0 Å². The number of aliphatic hydroxyl groups is 1. The highest BCUT2D eigenvalue weighted by molar-refractivity contribution is 14.1. The molecule has 1 unspecified atom stereocenters. The lowest BCUT2D eigenvalue weighted by molar-refractivity contribution is -0.0123. The van der Waals surface area contributed by atoms with Gasteiger partial charge in [-0.25, -0.2) is 18.4 Å². The number of carbonyl (C=O) groups is 1. The van der Waals surface area contributed by atoms with E-state index in [-0.39, 0.29) is 25.1 Å². The van der Waals surface area contributed by atoms with Gasteiger partial charge >= 0.3 is 6.09 Å². The molecule has 1 amide bonds. The van der Waals surface area contributed by atoms with Crippen molar-refractivity contribution in [3.05, 3.63) is 45.9 Å². The van der Waals surface area contributed by atoms with Crippen molar-refractivity contribution >= 4 is 39.9 Å². The number of halogens is 2. The zero-order valence-electron chi connectivity index (χ0n) is 21.8. The van der Waals surface area contributed by atoms with E-state index in [0.29, 0.717) is 26.2 Å². The van der Waals surface area contributed by atoms with Gasteiger partial charge in [0.05, 0.1) is 47.4 Å². The summed E-state index contributed by atoms with van der Waals surface area (Å²) in [7, 11) is 0. The van der Waals surface area contributed by atoms with Gasteiger partial charge in [0.2, 0.25) is 0 Å². The van der Waals surface area contributed by atoms with E-state index in [1.807, 2.05) is 18.2 Å². The number of fused-ring (bicyclic) bond motifs is 1. The number of nitrogens with two attached hydrogens (primary N) is 1. The predicted molar refractivity (Wildman–Crippen MR) is 152 cm³/mol. The van der Waals surface area contributed by atoms with Crippen LogP contribution in [-0.4, -0.2) is 65.2 Å². The molecule has 4 aromatic heterocycles. The topological polar surface area (TPSA) is 169 Å². The first kappa shape index (κ1) is 27.7. The SMILES string of the molecule is CC(C)(O)C(F)Cn1nnc(-c2cnc(-c3ccc4cc(C#N)cnn34)cc2NC2CC(COC(N)=O)C2)c1I. The number of hydrogen-bond acceptors (Lipinski definition) is 9. The molecule has 0 radical (unpaired) electrons. The number of nitriles is 1. The van der Waals surface area contributed by atoms with E-state index in [1.54, 1.807) is 16.8 Å². The normalized spacial score (nSPS) is 17.7. The van der Waals surface area contributed by atoms with Gasteiger partial charge < -0.3 is 20.9 Å². The van der Waals surface area contributed by atoms with Crippen molar-refractivity contribution in [3.63, 3.8) is 0 Å². The van der Waals surface area contributed by atoms with E-state index in [4.69, 9.17) is 10.5 Å². The number of primary amides is 1. The average molecular weight is 659 g/mol. The number of rotatable bonds is 9. The van der Waals surface area contributed by atoms with Crippen molar-refractivity contribution in [2.24, 2.45) is 11.7 Å². The first-order valence-electron chi connectivity index (χ1n) is 12.6. The summed E-state index contributed by atoms with van der Waals surface area (Å²) in [6, 6.07) is 9.60. The standard InChI is InChI=1S/C26H27FIN9O3/c1-26(2,39)22(27)12-36-24(28)23(34-35-36)18-11-31-20(21-4-3-17-7-15(9-29)10-32-37(17)21)8-19(18)33-16-5-14(6-16)13-40-25(30)38/h3-4,7-8,10-11,14,16,22,39H,5-6,12-13H2,1-2H3,(H2,30,38)(H,31,33). The summed E-state index contributed by atoms with van der Waals surface area (Å²) in [4.78, 5) is 15.6. The molecule has 4 aromatic rings. The van der Waals surface area contributed by atoms with Crippen LogP contribution in [0.3, 0.4) is 0 Å². The summed E-state index contributed by atoms with van der Waals surface area (Å²) in [5, 5.41) is 35.6. The maximum Gasteiger partial charge on any atom is 0.404 e. The average Bonchev–Trinajstić information content (AvgIpc) is 3.47. The van der Waals surface area contributed by atoms with Crippen LogP contribution in [0.2, 0.25) is 0 Å². The molecule has 12 nitrogen and oxygen atoms in total. The number of alkyl halides is 1. The number of aromatic nitrogens is 6. The first-order chi connectivity index (χ1) is 19.0. The first-order valence-corrected chi connectivity index (χ1v) is 13.6. The fourth-order valence-electron chi connectivity index (χ4n) is 4.53. The fourth-order valence-corrected chi connectivity index (χ4v) is 5.22. The molecule has 14 heteroatoms. The number of nitrogens with zero attached hydrogens (tertiary/aromatic N) is 7. The molecule has 208 valence electrons. The van der Waals surface area contributed by atoms with Crippen LogP contribution in [0.15, 0.2) is 36.7 Å². The van der Waals surface area contributed by atoms with Gasteiger partial charge in [-0.3, -0.25) is 4.98 Å². The van der Waals surface area contributed by atoms with Crippen LogP contribution in [0.4, 0.5) is 14.9 Å². The molecule has 1 atom stereocenters. The minimum atomic E-state index is -1.54. The van der Waals surface area contributed by atoms with Crippen molar-refractivity contribution in [1.29, 1.82) is 5.26 Å². The number of hydrogen-bond donors (Lipinski definition) is 3. The molecular weight excluding hydrogens is 632 g/mol. The van der Waals surface area contributed by atoms with Crippen LogP contribution in [0.5, 0.6) is 0 Å². The van der Waals surface area contributed by atoms with Crippen LogP contribution in [0.25, 0.3) is 28.2 Å². The molecule has 5 rings (SSSR count). The highest BCUT2D eigenvalue weighted by Crippen LogP contribution is 2.37. The largest absolute Gasteiger partial charge is 0.449 e. The van der Waals surface area contributed by atoms with Crippen molar-refractivity contribution < 1.29 is 19.0 Å². The highest BCUT2D eigenvalue weighted by Gasteiger charge is 2.32. The molecular formula is C26H27FIN9O3. The zero-order valence-corrected chi connectivity index (χ0v) is 23.9. The van der Waals surface area contributed by atoms with Crippen LogP contribution >= 0.6 is 22.6 Å². The minimum absolute atomic E-state index is 0.106. The lowest BCUT2D eigenvalue weighted by Gasteiger charge is -2.36. The smallest absolute Gasteiger partial charge is 0.404 e. The van der Waals surface area contributed by atoms with Crippen molar-refractivity contribution in [2.45, 2.75) is 51.0 Å². The fraction of sp³-hybridized carbons (Fsp3) is 0.385. The third kappa shape index (κ3) is 5.70. The Balaban J connectivity index is 1.48. The molecule has 0 aromatic carbocycles. The van der Waals surface area contributed by atoms with E-state index in [1.165, 1.54) is 24.7 Å². The molecule has 0 saturated heterocycles. The molecule has 1 saturated carbocycles. The number of nitrogens with one attached hydrogen (secondary N) is 1. The number of ether oxygens (including phenoxy) is 1. The summed E-state index contributed by atoms with van der Waals surface area (Å²) in [5.74, 6) is 0.201. The van der Waals surface area contributed by atoms with Crippen LogP contribution in [0, 0.1) is 20.9 Å². The van der Waals surface area contributed by atoms with E-state index in [2.05, 4.69) is 54.4 Å². The molecule has 4 N–H and O–H groups in total. The zero-order chi connectivity index (χ0) is 28.6. The van der Waals surface area contributed by atoms with Crippen molar-refractivity contribution in [2.75, 3.05) is 11.9 Å². The lowest BCUT2D eigenvalue weighted by Crippen LogP contribution is -2.38. The molecule has 1 aliphatic carbocycles. The molecule has 0 bridgehead atoms. The quantitative estimate of drug-likeness (QED) is 0.228. The van der Waals surface area contributed by atoms with Gasteiger partial charge in [0, 0.05) is 23.5 Å². The summed E-state index contributed by atoms with van der Waals surface area (Å²) in [6.07, 6.45) is 2.40. The Kier molecular flexibility index (Phi) is 7.60. The minimum Gasteiger partial charge on any atom is -0.449 e. The van der Waals surface area contributed by atoms with Gasteiger partial charge in [-0.05, 0) is 79.5 Å². The number of anilines is 1. The van der Waals surface area contributed by atoms with Gasteiger partial charge in [-0.15, -0.1) is 5.10 Å². The summed E-state index contributed by atoms with van der Waals surface area (Å²) in [5.41, 5.74) is 8.11. The monoisotopic (exact) mass is 659 g/mol. The third-order valence-corrected chi connectivity index (χ3v) is 7.95. The highest BCUT2D eigenvalue weighted by atomic mass is 127. The predicted octanol–water partition coefficient (Wildman–Crippen LogP) is 3.53. The lowest BCUT2D eigenvalue weighted by atomic mass is 9.80. The molecule has 1 aliphatic rings. The molecule has 0 spiro atoms. The Morgan fingerprint density at radius 1 is 1.38 bits per heavy atom. The molecule has 4 heterocycles. The number of pyridine rings is 1. The summed E-state index contributed by atoms with van der Waals surface area (Å²) in [6.45, 7) is 2.94. The van der Waals surface area contributed by atoms with Crippen molar-refractivity contribution in [3.8, 4) is 28.7 Å². The third-order valence-electron chi connectivity index (χ3n) is 6.88. The summed E-state index contributed by atoms with van der Waals surface area (Å²) < 4.78 is 23.3. The van der Waals surface area contributed by atoms with Gasteiger partial charge in [-0.1, -0.05) is 5.21 Å². The molecule has 0 aliphatic heterocycles. The second-order valence-electron chi connectivity index (χ2n) is 10.4. The van der Waals surface area contributed by atoms with Crippen LogP contribution < -0.4 is 11.1 Å². The van der Waals surface area contributed by atoms with Gasteiger partial charge in [0.15, 0.2) is 0 Å². The maximum atomic E-state index is 14.6. The van der Waals surface area contributed by atoms with Crippen LogP contribution in [0.1, 0.15) is 32.3 Å². The van der Waals surface area contributed by atoms with Gasteiger partial charge in [0.1, 0.15) is 21.6 Å². The Bertz CT molecular complexity index is 1600. The Morgan fingerprint density at radius 3 is 2.85 bits per heavy atom. The van der Waals surface area contributed by atoms with E-state index >= 15 is 0 Å². The second kappa shape index (κ2) is 11.0. The number of carbonyl (C=O) groups excluding carboxylic acids is 1. The van der Waals surface area contributed by atoms with Crippen molar-refractivity contribution in [1.82, 2.24) is 29.6 Å². The van der Waals surface area contributed by atoms with Crippen LogP contribution in [-0.2, 0) is 11.3 Å². The Labute approximate surface area is 242 Å². The van der Waals surface area contributed by atoms with E-state index < -0.39 is 17.9 Å². The van der Waals surface area contributed by atoms with E-state index in [0.717, 1.165) is 29.7 Å².